The van der Waals surface area contributed by atoms with E-state index in [1.54, 1.807) is 11.3 Å². The SMILES string of the molecule is CC1CCc2sc(C(=O)NC(C)C)cc2C1. The molecule has 0 bridgehead atoms. The van der Waals surface area contributed by atoms with E-state index in [0.717, 1.165) is 23.6 Å². The number of amides is 1. The van der Waals surface area contributed by atoms with Crippen molar-refractivity contribution in [1.82, 2.24) is 5.32 Å². The lowest BCUT2D eigenvalue weighted by Gasteiger charge is -2.16. The van der Waals surface area contributed by atoms with Crippen molar-refractivity contribution in [2.45, 2.75) is 46.1 Å². The molecule has 2 nitrogen and oxygen atoms in total. The van der Waals surface area contributed by atoms with E-state index in [4.69, 9.17) is 0 Å². The number of hydrogen-bond donors (Lipinski definition) is 1. The first-order valence-corrected chi connectivity index (χ1v) is 6.80. The Balaban J connectivity index is 2.15. The molecule has 0 fully saturated rings. The van der Waals surface area contributed by atoms with Crippen molar-refractivity contribution >= 4 is 17.2 Å². The topological polar surface area (TPSA) is 29.1 Å². The van der Waals surface area contributed by atoms with Gasteiger partial charge in [0.25, 0.3) is 5.91 Å². The summed E-state index contributed by atoms with van der Waals surface area (Å²) in [5, 5.41) is 2.95. The van der Waals surface area contributed by atoms with Crippen molar-refractivity contribution in [2.75, 3.05) is 0 Å². The third kappa shape index (κ3) is 2.46. The van der Waals surface area contributed by atoms with Crippen LogP contribution in [0.2, 0.25) is 0 Å². The van der Waals surface area contributed by atoms with Gasteiger partial charge in [0.15, 0.2) is 0 Å². The second-order valence-corrected chi connectivity index (χ2v) is 6.17. The summed E-state index contributed by atoms with van der Waals surface area (Å²) >= 11 is 1.68. The molecule has 1 unspecified atom stereocenters. The number of aryl methyl sites for hydroxylation is 1. The molecule has 1 heterocycles. The molecular weight excluding hydrogens is 218 g/mol. The van der Waals surface area contributed by atoms with Gasteiger partial charge in [0, 0.05) is 10.9 Å². The van der Waals surface area contributed by atoms with Gasteiger partial charge in [-0.05, 0) is 50.7 Å². The number of rotatable bonds is 2. The van der Waals surface area contributed by atoms with Crippen LogP contribution in [0.5, 0.6) is 0 Å². The number of thiophene rings is 1. The zero-order chi connectivity index (χ0) is 11.7. The highest BCUT2D eigenvalue weighted by atomic mass is 32.1. The average molecular weight is 237 g/mol. The van der Waals surface area contributed by atoms with Crippen LogP contribution in [-0.4, -0.2) is 11.9 Å². The lowest BCUT2D eigenvalue weighted by Crippen LogP contribution is -2.29. The van der Waals surface area contributed by atoms with Crippen molar-refractivity contribution < 1.29 is 4.79 Å². The highest BCUT2D eigenvalue weighted by Gasteiger charge is 2.20. The minimum atomic E-state index is 0.0852. The summed E-state index contributed by atoms with van der Waals surface area (Å²) in [6, 6.07) is 2.30. The third-order valence-electron chi connectivity index (χ3n) is 2.97. The average Bonchev–Trinajstić information content (AvgIpc) is 2.59. The molecular formula is C13H19NOS. The summed E-state index contributed by atoms with van der Waals surface area (Å²) in [5.41, 5.74) is 1.40. The van der Waals surface area contributed by atoms with Crippen molar-refractivity contribution in [3.05, 3.63) is 21.4 Å². The summed E-state index contributed by atoms with van der Waals surface area (Å²) in [6.45, 7) is 6.27. The molecule has 0 aliphatic heterocycles. The second-order valence-electron chi connectivity index (χ2n) is 5.04. The first-order valence-electron chi connectivity index (χ1n) is 5.98. The largest absolute Gasteiger partial charge is 0.349 e. The van der Waals surface area contributed by atoms with E-state index < -0.39 is 0 Å². The summed E-state index contributed by atoms with van der Waals surface area (Å²) in [4.78, 5) is 14.2. The van der Waals surface area contributed by atoms with Crippen LogP contribution in [0.15, 0.2) is 6.07 Å². The molecule has 2 rings (SSSR count). The number of nitrogens with one attached hydrogen (secondary N) is 1. The van der Waals surface area contributed by atoms with Crippen molar-refractivity contribution in [3.8, 4) is 0 Å². The molecule has 88 valence electrons. The van der Waals surface area contributed by atoms with E-state index in [-0.39, 0.29) is 11.9 Å². The maximum Gasteiger partial charge on any atom is 0.261 e. The molecule has 1 amide bonds. The van der Waals surface area contributed by atoms with Crippen LogP contribution in [0.25, 0.3) is 0 Å². The normalized spacial score (nSPS) is 19.6. The summed E-state index contributed by atoms with van der Waals surface area (Å²) in [7, 11) is 0. The predicted molar refractivity (Wildman–Crippen MR) is 68.1 cm³/mol. The van der Waals surface area contributed by atoms with Crippen LogP contribution >= 0.6 is 11.3 Å². The van der Waals surface area contributed by atoms with E-state index in [9.17, 15) is 4.79 Å². The molecule has 16 heavy (non-hydrogen) atoms. The smallest absolute Gasteiger partial charge is 0.261 e. The van der Waals surface area contributed by atoms with Gasteiger partial charge in [-0.1, -0.05) is 6.92 Å². The van der Waals surface area contributed by atoms with Crippen LogP contribution < -0.4 is 5.32 Å². The van der Waals surface area contributed by atoms with Crippen LogP contribution in [0.3, 0.4) is 0 Å². The quantitative estimate of drug-likeness (QED) is 0.841. The third-order valence-corrected chi connectivity index (χ3v) is 4.21. The van der Waals surface area contributed by atoms with Gasteiger partial charge in [-0.15, -0.1) is 11.3 Å². The van der Waals surface area contributed by atoms with Crippen LogP contribution in [0.1, 0.15) is 47.3 Å². The first-order chi connectivity index (χ1) is 7.56. The molecule has 0 saturated heterocycles. The molecule has 1 aliphatic rings. The fraction of sp³-hybridized carbons (Fsp3) is 0.615. The van der Waals surface area contributed by atoms with E-state index in [0.29, 0.717) is 0 Å². The molecule has 3 heteroatoms. The monoisotopic (exact) mass is 237 g/mol. The molecule has 0 radical (unpaired) electrons. The van der Waals surface area contributed by atoms with Gasteiger partial charge >= 0.3 is 0 Å². The summed E-state index contributed by atoms with van der Waals surface area (Å²) in [5.74, 6) is 0.852. The Morgan fingerprint density at radius 1 is 1.56 bits per heavy atom. The van der Waals surface area contributed by atoms with E-state index >= 15 is 0 Å². The fourth-order valence-electron chi connectivity index (χ4n) is 2.15. The number of fused-ring (bicyclic) bond motifs is 1. The van der Waals surface area contributed by atoms with Crippen LogP contribution in [0, 0.1) is 5.92 Å². The van der Waals surface area contributed by atoms with Gasteiger partial charge in [0.05, 0.1) is 4.88 Å². The highest BCUT2D eigenvalue weighted by Crippen LogP contribution is 2.32. The lowest BCUT2D eigenvalue weighted by molar-refractivity contribution is 0.0947. The minimum absolute atomic E-state index is 0.0852. The Morgan fingerprint density at radius 2 is 2.31 bits per heavy atom. The zero-order valence-corrected chi connectivity index (χ0v) is 11.0. The molecule has 1 aromatic heterocycles. The molecule has 1 N–H and O–H groups in total. The van der Waals surface area contributed by atoms with Gasteiger partial charge < -0.3 is 5.32 Å². The number of carbonyl (C=O) groups is 1. The second kappa shape index (κ2) is 4.58. The maximum absolute atomic E-state index is 11.9. The van der Waals surface area contributed by atoms with Crippen molar-refractivity contribution in [1.29, 1.82) is 0 Å². The van der Waals surface area contributed by atoms with Crippen LogP contribution in [-0.2, 0) is 12.8 Å². The van der Waals surface area contributed by atoms with E-state index in [2.05, 4.69) is 18.3 Å². The summed E-state index contributed by atoms with van der Waals surface area (Å²) < 4.78 is 0. The molecule has 0 spiro atoms. The van der Waals surface area contributed by atoms with Gasteiger partial charge in [0.1, 0.15) is 0 Å². The van der Waals surface area contributed by atoms with Crippen molar-refractivity contribution in [2.24, 2.45) is 5.92 Å². The van der Waals surface area contributed by atoms with Gasteiger partial charge in [-0.3, -0.25) is 4.79 Å². The Bertz CT molecular complexity index is 395. The van der Waals surface area contributed by atoms with E-state index in [1.807, 2.05) is 13.8 Å². The molecule has 1 aromatic rings. The summed E-state index contributed by atoms with van der Waals surface area (Å²) in [6.07, 6.45) is 3.55. The maximum atomic E-state index is 11.9. The Morgan fingerprint density at radius 3 is 3.00 bits per heavy atom. The molecule has 0 saturated carbocycles. The predicted octanol–water partition coefficient (Wildman–Crippen LogP) is 3.01. The van der Waals surface area contributed by atoms with Crippen LogP contribution in [0.4, 0.5) is 0 Å². The Kier molecular flexibility index (Phi) is 3.33. The van der Waals surface area contributed by atoms with Crippen molar-refractivity contribution in [3.63, 3.8) is 0 Å². The van der Waals surface area contributed by atoms with Gasteiger partial charge in [-0.2, -0.15) is 0 Å². The Labute approximate surface area is 101 Å². The lowest BCUT2D eigenvalue weighted by atomic mass is 9.90. The fourth-order valence-corrected chi connectivity index (χ4v) is 3.26. The standard InChI is InChI=1S/C13H19NOS/c1-8(2)14-13(15)12-7-10-6-9(3)4-5-11(10)16-12/h7-9H,4-6H2,1-3H3,(H,14,15). The number of hydrogen-bond acceptors (Lipinski definition) is 2. The zero-order valence-electron chi connectivity index (χ0n) is 10.2. The Hall–Kier alpha value is -0.830. The van der Waals surface area contributed by atoms with Gasteiger partial charge in [0.2, 0.25) is 0 Å². The number of carbonyl (C=O) groups excluding carboxylic acids is 1. The van der Waals surface area contributed by atoms with E-state index in [1.165, 1.54) is 16.9 Å². The molecule has 1 atom stereocenters. The minimum Gasteiger partial charge on any atom is -0.349 e. The molecule has 0 aromatic carbocycles. The highest BCUT2D eigenvalue weighted by molar-refractivity contribution is 7.14. The first kappa shape index (κ1) is 11.6. The van der Waals surface area contributed by atoms with Gasteiger partial charge in [-0.25, -0.2) is 0 Å². The molecule has 1 aliphatic carbocycles.